The van der Waals surface area contributed by atoms with E-state index in [1.807, 2.05) is 0 Å². The van der Waals surface area contributed by atoms with Gasteiger partial charge in [0.15, 0.2) is 6.04 Å². The van der Waals surface area contributed by atoms with E-state index < -0.39 is 18.6 Å². The minimum Gasteiger partial charge on any atom is -0.379 e. The molecule has 0 spiro atoms. The van der Waals surface area contributed by atoms with E-state index in [2.05, 4.69) is 0 Å². The van der Waals surface area contributed by atoms with Crippen LogP contribution >= 0.6 is 0 Å². The molecule has 2 nitrogen and oxygen atoms in total. The number of hydrogen-bond acceptors (Lipinski definition) is 2. The summed E-state index contributed by atoms with van der Waals surface area (Å²) in [7, 11) is 0. The zero-order chi connectivity index (χ0) is 10.8. The molecule has 1 rings (SSSR count). The molecule has 1 saturated heterocycles. The fraction of sp³-hybridized carbons (Fsp3) is 1.00. The standard InChI is InChI=1S/C7H10F5NO/c8-6(9)5(7(10,11)12)13-1-3-14-4-2-13/h5-6H,1-4H2/t5-/m0/s1. The van der Waals surface area contributed by atoms with Gasteiger partial charge in [-0.15, -0.1) is 0 Å². The molecule has 0 N–H and O–H groups in total. The van der Waals surface area contributed by atoms with Crippen LogP contribution in [0.5, 0.6) is 0 Å². The second-order valence-electron chi connectivity index (χ2n) is 2.97. The molecule has 14 heavy (non-hydrogen) atoms. The summed E-state index contributed by atoms with van der Waals surface area (Å²) in [5.74, 6) is 0. The van der Waals surface area contributed by atoms with Crippen molar-refractivity contribution in [3.8, 4) is 0 Å². The maximum Gasteiger partial charge on any atom is 0.409 e. The Labute approximate surface area is 77.6 Å². The van der Waals surface area contributed by atoms with E-state index in [4.69, 9.17) is 4.74 Å². The molecule has 84 valence electrons. The Bertz CT molecular complexity index is 177. The molecule has 1 fully saturated rings. The number of halogens is 5. The topological polar surface area (TPSA) is 12.5 Å². The predicted molar refractivity (Wildman–Crippen MR) is 38.2 cm³/mol. The Kier molecular flexibility index (Phi) is 3.65. The van der Waals surface area contributed by atoms with Gasteiger partial charge in [-0.1, -0.05) is 0 Å². The lowest BCUT2D eigenvalue weighted by Crippen LogP contribution is -2.54. The number of rotatable bonds is 2. The van der Waals surface area contributed by atoms with Gasteiger partial charge < -0.3 is 4.74 Å². The summed E-state index contributed by atoms with van der Waals surface area (Å²) >= 11 is 0. The predicted octanol–water partition coefficient (Wildman–Crippen LogP) is 1.51. The normalized spacial score (nSPS) is 22.7. The molecule has 0 amide bonds. The van der Waals surface area contributed by atoms with Crippen LogP contribution in [0.4, 0.5) is 22.0 Å². The van der Waals surface area contributed by atoms with Crippen molar-refractivity contribution in [1.29, 1.82) is 0 Å². The largest absolute Gasteiger partial charge is 0.409 e. The molecule has 0 bridgehead atoms. The molecule has 1 aliphatic heterocycles. The SMILES string of the molecule is FC(F)[C@H](N1CCOCC1)C(F)(F)F. The molecule has 1 heterocycles. The number of hydrogen-bond donors (Lipinski definition) is 0. The minimum absolute atomic E-state index is 0.0688. The van der Waals surface area contributed by atoms with E-state index in [1.165, 1.54) is 0 Å². The van der Waals surface area contributed by atoms with Crippen LogP contribution in [0.25, 0.3) is 0 Å². The molecule has 0 aromatic heterocycles. The van der Waals surface area contributed by atoms with Gasteiger partial charge in [-0.3, -0.25) is 4.90 Å². The van der Waals surface area contributed by atoms with Crippen molar-refractivity contribution in [2.75, 3.05) is 26.3 Å². The van der Waals surface area contributed by atoms with E-state index in [9.17, 15) is 22.0 Å². The molecular formula is C7H10F5NO. The first kappa shape index (κ1) is 11.6. The average Bonchev–Trinajstić information content (AvgIpc) is 2.02. The van der Waals surface area contributed by atoms with Crippen molar-refractivity contribution in [2.24, 2.45) is 0 Å². The lowest BCUT2D eigenvalue weighted by atomic mass is 10.2. The highest BCUT2D eigenvalue weighted by atomic mass is 19.4. The van der Waals surface area contributed by atoms with Gasteiger partial charge in [0.25, 0.3) is 6.43 Å². The monoisotopic (exact) mass is 219 g/mol. The maximum atomic E-state index is 12.2. The summed E-state index contributed by atoms with van der Waals surface area (Å²) in [5.41, 5.74) is 0. The lowest BCUT2D eigenvalue weighted by molar-refractivity contribution is -0.222. The average molecular weight is 219 g/mol. The maximum absolute atomic E-state index is 12.2. The summed E-state index contributed by atoms with van der Waals surface area (Å²) in [4.78, 5) is 0.716. The Morgan fingerprint density at radius 3 is 1.93 bits per heavy atom. The lowest BCUT2D eigenvalue weighted by Gasteiger charge is -2.34. The Morgan fingerprint density at radius 2 is 1.57 bits per heavy atom. The molecule has 7 heteroatoms. The highest BCUT2D eigenvalue weighted by molar-refractivity contribution is 4.82. The van der Waals surface area contributed by atoms with Gasteiger partial charge in [-0.25, -0.2) is 8.78 Å². The van der Waals surface area contributed by atoms with Crippen molar-refractivity contribution < 1.29 is 26.7 Å². The fourth-order valence-corrected chi connectivity index (χ4v) is 1.36. The second-order valence-corrected chi connectivity index (χ2v) is 2.97. The van der Waals surface area contributed by atoms with Crippen molar-refractivity contribution >= 4 is 0 Å². The van der Waals surface area contributed by atoms with Crippen LogP contribution in [0, 0.1) is 0 Å². The van der Waals surface area contributed by atoms with E-state index >= 15 is 0 Å². The second kappa shape index (κ2) is 4.39. The van der Waals surface area contributed by atoms with Gasteiger partial charge in [0, 0.05) is 13.1 Å². The molecular weight excluding hydrogens is 209 g/mol. The third kappa shape index (κ3) is 2.78. The van der Waals surface area contributed by atoms with Crippen molar-refractivity contribution in [3.05, 3.63) is 0 Å². The number of nitrogens with zero attached hydrogens (tertiary/aromatic N) is 1. The Morgan fingerprint density at radius 1 is 1.07 bits per heavy atom. The third-order valence-electron chi connectivity index (χ3n) is 2.01. The van der Waals surface area contributed by atoms with Crippen LogP contribution in [0.3, 0.4) is 0 Å². The highest BCUT2D eigenvalue weighted by Gasteiger charge is 2.49. The van der Waals surface area contributed by atoms with E-state index in [-0.39, 0.29) is 26.3 Å². The zero-order valence-corrected chi connectivity index (χ0v) is 7.23. The summed E-state index contributed by atoms with van der Waals surface area (Å²) in [6.45, 7) is -0.0678. The van der Waals surface area contributed by atoms with Crippen LogP contribution in [-0.2, 0) is 4.74 Å². The van der Waals surface area contributed by atoms with Gasteiger partial charge in [-0.05, 0) is 0 Å². The fourth-order valence-electron chi connectivity index (χ4n) is 1.36. The van der Waals surface area contributed by atoms with E-state index in [0.29, 0.717) is 4.90 Å². The first-order chi connectivity index (χ1) is 6.43. The quantitative estimate of drug-likeness (QED) is 0.653. The number of ether oxygens (including phenoxy) is 1. The van der Waals surface area contributed by atoms with Crippen molar-refractivity contribution in [3.63, 3.8) is 0 Å². The van der Waals surface area contributed by atoms with Gasteiger partial charge in [0.05, 0.1) is 13.2 Å². The molecule has 0 radical (unpaired) electrons. The smallest absolute Gasteiger partial charge is 0.379 e. The molecule has 0 saturated carbocycles. The van der Waals surface area contributed by atoms with Crippen molar-refractivity contribution in [2.45, 2.75) is 18.6 Å². The zero-order valence-electron chi connectivity index (χ0n) is 7.23. The first-order valence-electron chi connectivity index (χ1n) is 4.09. The van der Waals surface area contributed by atoms with Crippen LogP contribution in [-0.4, -0.2) is 49.8 Å². The van der Waals surface area contributed by atoms with Crippen LogP contribution < -0.4 is 0 Å². The molecule has 0 unspecified atom stereocenters. The van der Waals surface area contributed by atoms with E-state index in [0.717, 1.165) is 0 Å². The highest BCUT2D eigenvalue weighted by Crippen LogP contribution is 2.29. The van der Waals surface area contributed by atoms with Crippen LogP contribution in [0.15, 0.2) is 0 Å². The first-order valence-corrected chi connectivity index (χ1v) is 4.09. The number of morpholine rings is 1. The summed E-state index contributed by atoms with van der Waals surface area (Å²) in [6.07, 6.45) is -8.29. The minimum atomic E-state index is -4.88. The van der Waals surface area contributed by atoms with Gasteiger partial charge in [0.2, 0.25) is 0 Å². The van der Waals surface area contributed by atoms with Crippen LogP contribution in [0.1, 0.15) is 0 Å². The molecule has 1 aliphatic rings. The third-order valence-corrected chi connectivity index (χ3v) is 2.01. The summed E-state index contributed by atoms with van der Waals surface area (Å²) < 4.78 is 65.7. The molecule has 0 aromatic rings. The van der Waals surface area contributed by atoms with Gasteiger partial charge in [-0.2, -0.15) is 13.2 Å². The van der Waals surface area contributed by atoms with Gasteiger partial charge in [0.1, 0.15) is 0 Å². The summed E-state index contributed by atoms with van der Waals surface area (Å²) in [6, 6.07) is -2.66. The van der Waals surface area contributed by atoms with E-state index in [1.54, 1.807) is 0 Å². The van der Waals surface area contributed by atoms with Crippen LogP contribution in [0.2, 0.25) is 0 Å². The Hall–Kier alpha value is -0.430. The van der Waals surface area contributed by atoms with Crippen molar-refractivity contribution in [1.82, 2.24) is 4.90 Å². The molecule has 0 aromatic carbocycles. The summed E-state index contributed by atoms with van der Waals surface area (Å²) in [5, 5.41) is 0. The van der Waals surface area contributed by atoms with Gasteiger partial charge >= 0.3 is 6.18 Å². The number of alkyl halides is 5. The molecule has 1 atom stereocenters. The Balaban J connectivity index is 2.66. The molecule has 0 aliphatic carbocycles.